The van der Waals surface area contributed by atoms with Crippen molar-refractivity contribution in [2.45, 2.75) is 33.2 Å². The van der Waals surface area contributed by atoms with Crippen molar-refractivity contribution in [3.05, 3.63) is 56.2 Å². The van der Waals surface area contributed by atoms with Gasteiger partial charge in [0.25, 0.3) is 5.56 Å². The van der Waals surface area contributed by atoms with E-state index in [0.717, 1.165) is 35.6 Å². The molecule has 7 heteroatoms. The monoisotopic (exact) mass is 381 g/mol. The van der Waals surface area contributed by atoms with Crippen molar-refractivity contribution < 1.29 is 0 Å². The average molecular weight is 381 g/mol. The minimum absolute atomic E-state index is 0.297. The SMILES string of the molecule is Cc1ccc(Cn2c(N3CCC[C@H](C)C3)nc3c2c(=O)n(C)c(=O)n3C)cc1. The summed E-state index contributed by atoms with van der Waals surface area (Å²) in [5.74, 6) is 1.36. The van der Waals surface area contributed by atoms with Gasteiger partial charge in [0.1, 0.15) is 0 Å². The summed E-state index contributed by atoms with van der Waals surface area (Å²) in [5.41, 5.74) is 2.59. The van der Waals surface area contributed by atoms with Crippen LogP contribution in [0.1, 0.15) is 30.9 Å². The third kappa shape index (κ3) is 3.04. The van der Waals surface area contributed by atoms with E-state index >= 15 is 0 Å². The predicted molar refractivity (Wildman–Crippen MR) is 111 cm³/mol. The zero-order chi connectivity index (χ0) is 20.0. The number of rotatable bonds is 3. The van der Waals surface area contributed by atoms with Gasteiger partial charge in [0, 0.05) is 27.2 Å². The smallest absolute Gasteiger partial charge is 0.332 e. The molecular formula is C21H27N5O2. The van der Waals surface area contributed by atoms with Gasteiger partial charge in [0.2, 0.25) is 5.95 Å². The van der Waals surface area contributed by atoms with E-state index in [1.165, 1.54) is 23.6 Å². The Morgan fingerprint density at radius 1 is 1.11 bits per heavy atom. The van der Waals surface area contributed by atoms with Crippen molar-refractivity contribution >= 4 is 17.1 Å². The molecule has 1 aliphatic rings. The van der Waals surface area contributed by atoms with E-state index in [0.29, 0.717) is 23.6 Å². The summed E-state index contributed by atoms with van der Waals surface area (Å²) >= 11 is 0. The lowest BCUT2D eigenvalue weighted by atomic mass is 10.0. The third-order valence-electron chi connectivity index (χ3n) is 5.73. The van der Waals surface area contributed by atoms with Gasteiger partial charge in [-0.2, -0.15) is 4.98 Å². The van der Waals surface area contributed by atoms with Crippen LogP contribution in [-0.2, 0) is 20.6 Å². The maximum absolute atomic E-state index is 13.0. The van der Waals surface area contributed by atoms with Crippen LogP contribution in [-0.4, -0.2) is 31.8 Å². The second-order valence-electron chi connectivity index (χ2n) is 8.05. The largest absolute Gasteiger partial charge is 0.342 e. The maximum atomic E-state index is 13.0. The quantitative estimate of drug-likeness (QED) is 0.696. The topological polar surface area (TPSA) is 65.1 Å². The lowest BCUT2D eigenvalue weighted by Crippen LogP contribution is -2.38. The summed E-state index contributed by atoms with van der Waals surface area (Å²) in [6.07, 6.45) is 2.31. The van der Waals surface area contributed by atoms with Crippen LogP contribution < -0.4 is 16.1 Å². The van der Waals surface area contributed by atoms with Gasteiger partial charge in [0.05, 0.1) is 6.54 Å². The number of piperidine rings is 1. The highest BCUT2D eigenvalue weighted by atomic mass is 16.2. The Labute approximate surface area is 163 Å². The van der Waals surface area contributed by atoms with Crippen molar-refractivity contribution in [3.8, 4) is 0 Å². The number of imidazole rings is 1. The molecule has 2 aromatic heterocycles. The van der Waals surface area contributed by atoms with E-state index in [1.54, 1.807) is 7.05 Å². The molecule has 0 amide bonds. The van der Waals surface area contributed by atoms with Gasteiger partial charge in [-0.05, 0) is 31.2 Å². The van der Waals surface area contributed by atoms with Crippen molar-refractivity contribution in [2.24, 2.45) is 20.0 Å². The molecule has 0 unspecified atom stereocenters. The van der Waals surface area contributed by atoms with Crippen LogP contribution in [0.4, 0.5) is 5.95 Å². The number of anilines is 1. The minimum Gasteiger partial charge on any atom is -0.342 e. The summed E-state index contributed by atoms with van der Waals surface area (Å²) in [4.78, 5) is 32.4. The van der Waals surface area contributed by atoms with E-state index in [2.05, 4.69) is 43.0 Å². The molecule has 0 aliphatic carbocycles. The van der Waals surface area contributed by atoms with Crippen LogP contribution in [0.3, 0.4) is 0 Å². The van der Waals surface area contributed by atoms with Crippen LogP contribution in [0.2, 0.25) is 0 Å². The molecule has 148 valence electrons. The van der Waals surface area contributed by atoms with E-state index in [-0.39, 0.29) is 11.2 Å². The number of aromatic nitrogens is 4. The highest BCUT2D eigenvalue weighted by Crippen LogP contribution is 2.26. The number of hydrogen-bond donors (Lipinski definition) is 0. The van der Waals surface area contributed by atoms with E-state index in [9.17, 15) is 9.59 Å². The highest BCUT2D eigenvalue weighted by Gasteiger charge is 2.25. The first-order valence-corrected chi connectivity index (χ1v) is 9.83. The number of nitrogens with zero attached hydrogens (tertiary/aromatic N) is 5. The lowest BCUT2D eigenvalue weighted by molar-refractivity contribution is 0.439. The van der Waals surface area contributed by atoms with Gasteiger partial charge in [0.15, 0.2) is 11.2 Å². The zero-order valence-corrected chi connectivity index (χ0v) is 17.0. The van der Waals surface area contributed by atoms with Gasteiger partial charge >= 0.3 is 5.69 Å². The first kappa shape index (κ1) is 18.5. The van der Waals surface area contributed by atoms with Crippen molar-refractivity contribution in [1.29, 1.82) is 0 Å². The van der Waals surface area contributed by atoms with Gasteiger partial charge in [-0.15, -0.1) is 0 Å². The highest BCUT2D eigenvalue weighted by molar-refractivity contribution is 5.74. The molecule has 0 radical (unpaired) electrons. The molecule has 0 spiro atoms. The van der Waals surface area contributed by atoms with Gasteiger partial charge in [-0.25, -0.2) is 4.79 Å². The second kappa shape index (κ2) is 6.96. The zero-order valence-electron chi connectivity index (χ0n) is 17.0. The average Bonchev–Trinajstić information content (AvgIpc) is 3.06. The van der Waals surface area contributed by atoms with Crippen molar-refractivity contribution in [1.82, 2.24) is 18.7 Å². The molecule has 0 bridgehead atoms. The van der Waals surface area contributed by atoms with Crippen LogP contribution in [0, 0.1) is 12.8 Å². The molecule has 4 rings (SSSR count). The molecule has 1 fully saturated rings. The summed E-state index contributed by atoms with van der Waals surface area (Å²) in [6, 6.07) is 8.31. The molecule has 3 heterocycles. The van der Waals surface area contributed by atoms with Crippen LogP contribution in [0.15, 0.2) is 33.9 Å². The molecule has 7 nitrogen and oxygen atoms in total. The first-order valence-electron chi connectivity index (χ1n) is 9.83. The Balaban J connectivity index is 1.95. The van der Waals surface area contributed by atoms with Gasteiger partial charge in [-0.1, -0.05) is 36.8 Å². The fraction of sp³-hybridized carbons (Fsp3) is 0.476. The van der Waals surface area contributed by atoms with E-state index in [1.807, 2.05) is 4.57 Å². The summed E-state index contributed by atoms with van der Waals surface area (Å²) in [7, 11) is 3.20. The molecule has 1 aliphatic heterocycles. The Morgan fingerprint density at radius 3 is 2.50 bits per heavy atom. The first-order chi connectivity index (χ1) is 13.4. The maximum Gasteiger partial charge on any atom is 0.332 e. The number of benzene rings is 1. The minimum atomic E-state index is -0.351. The summed E-state index contributed by atoms with van der Waals surface area (Å²) in [5, 5.41) is 0. The standard InChI is InChI=1S/C21H27N5O2/c1-14-7-9-16(10-8-14)13-26-17-18(23(3)21(28)24(4)19(17)27)22-20(26)25-11-5-6-15(2)12-25/h7-10,15H,5-6,11-13H2,1-4H3/t15-/m0/s1. The van der Waals surface area contributed by atoms with Gasteiger partial charge in [-0.3, -0.25) is 18.5 Å². The fourth-order valence-electron chi connectivity index (χ4n) is 4.07. The molecule has 0 N–H and O–H groups in total. The molecule has 1 atom stereocenters. The normalized spacial score (nSPS) is 17.4. The number of hydrogen-bond acceptors (Lipinski definition) is 4. The molecule has 1 aromatic carbocycles. The molecule has 3 aromatic rings. The molecule has 0 saturated carbocycles. The summed E-state index contributed by atoms with van der Waals surface area (Å²) < 4.78 is 4.62. The fourth-order valence-corrected chi connectivity index (χ4v) is 4.07. The second-order valence-corrected chi connectivity index (χ2v) is 8.05. The van der Waals surface area contributed by atoms with Crippen LogP contribution >= 0.6 is 0 Å². The van der Waals surface area contributed by atoms with Crippen molar-refractivity contribution in [3.63, 3.8) is 0 Å². The predicted octanol–water partition coefficient (Wildman–Crippen LogP) is 2.03. The Hall–Kier alpha value is -2.83. The Bertz CT molecular complexity index is 1140. The van der Waals surface area contributed by atoms with E-state index < -0.39 is 0 Å². The van der Waals surface area contributed by atoms with Crippen molar-refractivity contribution in [2.75, 3.05) is 18.0 Å². The Kier molecular flexibility index (Phi) is 4.61. The number of fused-ring (bicyclic) bond motifs is 1. The molecular weight excluding hydrogens is 354 g/mol. The summed E-state index contributed by atoms with van der Waals surface area (Å²) in [6.45, 7) is 6.67. The third-order valence-corrected chi connectivity index (χ3v) is 5.73. The van der Waals surface area contributed by atoms with Crippen LogP contribution in [0.5, 0.6) is 0 Å². The molecule has 1 saturated heterocycles. The van der Waals surface area contributed by atoms with Gasteiger partial charge < -0.3 is 4.90 Å². The molecule has 28 heavy (non-hydrogen) atoms. The lowest BCUT2D eigenvalue weighted by Gasteiger charge is -2.32. The number of aryl methyl sites for hydroxylation is 2. The van der Waals surface area contributed by atoms with E-state index in [4.69, 9.17) is 4.98 Å². The Morgan fingerprint density at radius 2 is 1.82 bits per heavy atom. The van der Waals surface area contributed by atoms with Crippen LogP contribution in [0.25, 0.3) is 11.2 Å².